The highest BCUT2D eigenvalue weighted by Gasteiger charge is 2.10. The Morgan fingerprint density at radius 3 is 2.65 bits per heavy atom. The van der Waals surface area contributed by atoms with Crippen LogP contribution in [-0.2, 0) is 4.79 Å². The quantitative estimate of drug-likeness (QED) is 0.635. The van der Waals surface area contributed by atoms with Gasteiger partial charge in [-0.15, -0.1) is 0 Å². The van der Waals surface area contributed by atoms with Gasteiger partial charge in [0.25, 0.3) is 0 Å². The molecule has 26 heavy (non-hydrogen) atoms. The van der Waals surface area contributed by atoms with Crippen LogP contribution in [0.4, 0.5) is 5.69 Å². The van der Waals surface area contributed by atoms with Gasteiger partial charge in [0.2, 0.25) is 11.8 Å². The Morgan fingerprint density at radius 1 is 1.19 bits per heavy atom. The van der Waals surface area contributed by atoms with Crippen molar-refractivity contribution >= 4 is 40.9 Å². The topological polar surface area (TPSA) is 90.0 Å². The second-order valence-electron chi connectivity index (χ2n) is 5.34. The zero-order chi connectivity index (χ0) is 18.5. The lowest BCUT2D eigenvalue weighted by Crippen LogP contribution is -2.15. The van der Waals surface area contributed by atoms with Crippen LogP contribution in [0.3, 0.4) is 0 Å². The molecule has 0 bridgehead atoms. The molecule has 0 saturated heterocycles. The van der Waals surface area contributed by atoms with E-state index >= 15 is 0 Å². The minimum Gasteiger partial charge on any atom is -0.366 e. The highest BCUT2D eigenvalue weighted by atomic mass is 35.5. The van der Waals surface area contributed by atoms with Gasteiger partial charge in [-0.3, -0.25) is 14.2 Å². The zero-order valence-corrected chi connectivity index (χ0v) is 15.1. The third-order valence-corrected chi connectivity index (χ3v) is 4.68. The first kappa shape index (κ1) is 18.0. The number of aromatic nitrogens is 2. The van der Waals surface area contributed by atoms with Crippen molar-refractivity contribution in [3.63, 3.8) is 0 Å². The van der Waals surface area contributed by atoms with Crippen molar-refractivity contribution in [2.75, 3.05) is 11.1 Å². The lowest BCUT2D eigenvalue weighted by atomic mass is 10.2. The molecule has 1 aromatic heterocycles. The Labute approximate surface area is 159 Å². The predicted octanol–water partition coefficient (Wildman–Crippen LogP) is 3.36. The van der Waals surface area contributed by atoms with E-state index < -0.39 is 5.91 Å². The largest absolute Gasteiger partial charge is 0.366 e. The molecule has 1 heterocycles. The maximum atomic E-state index is 12.1. The molecule has 2 aromatic carbocycles. The lowest BCUT2D eigenvalue weighted by Gasteiger charge is -2.08. The molecular formula is C18H15ClN4O2S. The molecule has 0 atom stereocenters. The molecule has 6 nitrogen and oxygen atoms in total. The van der Waals surface area contributed by atoms with E-state index in [0.29, 0.717) is 21.4 Å². The van der Waals surface area contributed by atoms with Gasteiger partial charge >= 0.3 is 0 Å². The summed E-state index contributed by atoms with van der Waals surface area (Å²) < 4.78 is 1.87. The Kier molecular flexibility index (Phi) is 5.60. The monoisotopic (exact) mass is 386 g/mol. The van der Waals surface area contributed by atoms with E-state index in [0.717, 1.165) is 5.69 Å². The van der Waals surface area contributed by atoms with Crippen LogP contribution in [0.1, 0.15) is 10.4 Å². The van der Waals surface area contributed by atoms with Crippen LogP contribution in [-0.4, -0.2) is 27.1 Å². The van der Waals surface area contributed by atoms with Gasteiger partial charge in [-0.25, -0.2) is 4.98 Å². The molecule has 3 rings (SSSR count). The second kappa shape index (κ2) is 8.07. The molecule has 0 spiro atoms. The minimum atomic E-state index is -0.508. The molecule has 0 aliphatic carbocycles. The van der Waals surface area contributed by atoms with Gasteiger partial charge in [0.05, 0.1) is 5.75 Å². The number of rotatable bonds is 6. The fourth-order valence-corrected chi connectivity index (χ4v) is 3.22. The third-order valence-electron chi connectivity index (χ3n) is 3.48. The summed E-state index contributed by atoms with van der Waals surface area (Å²) in [6.45, 7) is 0. The standard InChI is InChI=1S/C18H15ClN4O2S/c19-13-2-1-3-15(10-13)23-9-8-21-18(23)26-11-16(24)22-14-6-4-12(5-7-14)17(20)25/h1-10H,11H2,(H2,20,25)(H,22,24). The van der Waals surface area contributed by atoms with Crippen LogP contribution in [0.15, 0.2) is 66.1 Å². The fourth-order valence-electron chi connectivity index (χ4n) is 2.26. The van der Waals surface area contributed by atoms with Crippen LogP contribution in [0, 0.1) is 0 Å². The number of benzene rings is 2. The van der Waals surface area contributed by atoms with Crippen molar-refractivity contribution in [2.45, 2.75) is 5.16 Å². The summed E-state index contributed by atoms with van der Waals surface area (Å²) >= 11 is 7.34. The molecule has 0 radical (unpaired) electrons. The van der Waals surface area contributed by atoms with Crippen LogP contribution in [0.2, 0.25) is 5.02 Å². The maximum absolute atomic E-state index is 12.1. The van der Waals surface area contributed by atoms with E-state index in [9.17, 15) is 9.59 Å². The Morgan fingerprint density at radius 2 is 1.96 bits per heavy atom. The molecule has 0 aliphatic rings. The molecule has 0 aliphatic heterocycles. The summed E-state index contributed by atoms with van der Waals surface area (Å²) in [4.78, 5) is 27.5. The first-order valence-electron chi connectivity index (χ1n) is 7.65. The van der Waals surface area contributed by atoms with Gasteiger partial charge < -0.3 is 11.1 Å². The summed E-state index contributed by atoms with van der Waals surface area (Å²) in [6, 6.07) is 13.8. The highest BCUT2D eigenvalue weighted by molar-refractivity contribution is 7.99. The van der Waals surface area contributed by atoms with Crippen LogP contribution in [0.5, 0.6) is 0 Å². The lowest BCUT2D eigenvalue weighted by molar-refractivity contribution is -0.113. The summed E-state index contributed by atoms with van der Waals surface area (Å²) in [5.41, 5.74) is 7.05. The SMILES string of the molecule is NC(=O)c1ccc(NC(=O)CSc2nccn2-c2cccc(Cl)c2)cc1. The van der Waals surface area contributed by atoms with Crippen LogP contribution < -0.4 is 11.1 Å². The number of hydrogen-bond acceptors (Lipinski definition) is 4. The first-order chi connectivity index (χ1) is 12.5. The van der Waals surface area contributed by atoms with E-state index in [2.05, 4.69) is 10.3 Å². The number of anilines is 1. The average molecular weight is 387 g/mol. The number of hydrogen-bond donors (Lipinski definition) is 2. The molecule has 0 unspecified atom stereocenters. The zero-order valence-electron chi connectivity index (χ0n) is 13.6. The van der Waals surface area contributed by atoms with E-state index in [1.807, 2.05) is 29.0 Å². The maximum Gasteiger partial charge on any atom is 0.248 e. The number of imidazole rings is 1. The van der Waals surface area contributed by atoms with Crippen LogP contribution >= 0.6 is 23.4 Å². The number of nitrogens with two attached hydrogens (primary N) is 1. The van der Waals surface area contributed by atoms with E-state index in [-0.39, 0.29) is 11.7 Å². The number of nitrogens with one attached hydrogen (secondary N) is 1. The molecule has 3 aromatic rings. The normalized spacial score (nSPS) is 10.5. The smallest absolute Gasteiger partial charge is 0.248 e. The number of primary amides is 1. The van der Waals surface area contributed by atoms with Crippen molar-refractivity contribution in [1.82, 2.24) is 9.55 Å². The fraction of sp³-hybridized carbons (Fsp3) is 0.0556. The summed E-state index contributed by atoms with van der Waals surface area (Å²) in [6.07, 6.45) is 3.48. The highest BCUT2D eigenvalue weighted by Crippen LogP contribution is 2.22. The van der Waals surface area contributed by atoms with Crippen molar-refractivity contribution in [3.05, 3.63) is 71.5 Å². The van der Waals surface area contributed by atoms with E-state index in [1.165, 1.54) is 11.8 Å². The predicted molar refractivity (Wildman–Crippen MR) is 103 cm³/mol. The van der Waals surface area contributed by atoms with Crippen molar-refractivity contribution < 1.29 is 9.59 Å². The van der Waals surface area contributed by atoms with Crippen LogP contribution in [0.25, 0.3) is 5.69 Å². The Bertz CT molecular complexity index is 940. The second-order valence-corrected chi connectivity index (χ2v) is 6.72. The molecule has 132 valence electrons. The minimum absolute atomic E-state index is 0.178. The molecule has 2 amide bonds. The average Bonchev–Trinajstić information content (AvgIpc) is 3.09. The van der Waals surface area contributed by atoms with Crippen molar-refractivity contribution in [1.29, 1.82) is 0 Å². The van der Waals surface area contributed by atoms with E-state index in [1.54, 1.807) is 36.5 Å². The van der Waals surface area contributed by atoms with Gasteiger partial charge in [-0.05, 0) is 42.5 Å². The number of nitrogens with zero attached hydrogens (tertiary/aromatic N) is 2. The van der Waals surface area contributed by atoms with Gasteiger partial charge in [-0.1, -0.05) is 29.4 Å². The van der Waals surface area contributed by atoms with E-state index in [4.69, 9.17) is 17.3 Å². The van der Waals surface area contributed by atoms with Crippen molar-refractivity contribution in [2.24, 2.45) is 5.73 Å². The summed E-state index contributed by atoms with van der Waals surface area (Å²) in [5, 5.41) is 4.08. The number of carbonyl (C=O) groups excluding carboxylic acids is 2. The summed E-state index contributed by atoms with van der Waals surface area (Å²) in [5.74, 6) is -0.497. The molecular weight excluding hydrogens is 372 g/mol. The number of halogens is 1. The third kappa shape index (κ3) is 4.44. The van der Waals surface area contributed by atoms with Crippen molar-refractivity contribution in [3.8, 4) is 5.69 Å². The van der Waals surface area contributed by atoms with Gasteiger partial charge in [0.1, 0.15) is 0 Å². The Balaban J connectivity index is 1.62. The number of amides is 2. The van der Waals surface area contributed by atoms with Gasteiger partial charge in [0, 0.05) is 34.4 Å². The number of thioether (sulfide) groups is 1. The Hall–Kier alpha value is -2.77. The molecule has 8 heteroatoms. The summed E-state index contributed by atoms with van der Waals surface area (Å²) in [7, 11) is 0. The molecule has 0 fully saturated rings. The van der Waals surface area contributed by atoms with Gasteiger partial charge in [0.15, 0.2) is 5.16 Å². The first-order valence-corrected chi connectivity index (χ1v) is 9.01. The number of carbonyl (C=O) groups is 2. The van der Waals surface area contributed by atoms with Gasteiger partial charge in [-0.2, -0.15) is 0 Å². The molecule has 0 saturated carbocycles. The molecule has 3 N–H and O–H groups in total.